The Hall–Kier alpha value is -1.66. The molecule has 0 bridgehead atoms. The van der Waals surface area contributed by atoms with Gasteiger partial charge >= 0.3 is 6.03 Å². The highest BCUT2D eigenvalue weighted by molar-refractivity contribution is 7.84. The summed E-state index contributed by atoms with van der Waals surface area (Å²) in [5.74, 6) is 0. The molecule has 23 heavy (non-hydrogen) atoms. The Morgan fingerprint density at radius 3 is 2.83 bits per heavy atom. The summed E-state index contributed by atoms with van der Waals surface area (Å²) in [6.07, 6.45) is 4.89. The molecule has 0 saturated carbocycles. The van der Waals surface area contributed by atoms with Crippen LogP contribution < -0.4 is 10.6 Å². The summed E-state index contributed by atoms with van der Waals surface area (Å²) in [6.45, 7) is 0.464. The van der Waals surface area contributed by atoms with Crippen molar-refractivity contribution in [1.82, 2.24) is 10.6 Å². The number of aryl methyl sites for hydroxylation is 1. The van der Waals surface area contributed by atoms with Gasteiger partial charge in [0.1, 0.15) is 0 Å². The van der Waals surface area contributed by atoms with E-state index >= 15 is 0 Å². The normalized spacial score (nSPS) is 18.0. The summed E-state index contributed by atoms with van der Waals surface area (Å²) in [5.41, 5.74) is 2.26. The Morgan fingerprint density at radius 2 is 2.09 bits per heavy atom. The lowest BCUT2D eigenvalue weighted by molar-refractivity contribution is 0.235. The van der Waals surface area contributed by atoms with Crippen molar-refractivity contribution in [3.05, 3.63) is 51.7 Å². The molecule has 0 fully saturated rings. The quantitative estimate of drug-likeness (QED) is 0.890. The average Bonchev–Trinajstić information content (AvgIpc) is 3.03. The van der Waals surface area contributed by atoms with E-state index in [4.69, 9.17) is 0 Å². The second kappa shape index (κ2) is 7.27. The molecule has 0 unspecified atom stereocenters. The van der Waals surface area contributed by atoms with Gasteiger partial charge in [-0.05, 0) is 54.0 Å². The molecule has 0 radical (unpaired) electrons. The van der Waals surface area contributed by atoms with Crippen LogP contribution in [0.5, 0.6) is 0 Å². The Labute approximate surface area is 142 Å². The van der Waals surface area contributed by atoms with Crippen LogP contribution in [0.3, 0.4) is 0 Å². The standard InChI is InChI=1S/C17H20N2O2S2/c1-23(21)13-7-5-12(6-8-13)11-18-17(20)19-15-3-2-4-16-14(15)9-10-22-16/h5-10,15H,2-4,11H2,1H3,(H2,18,19,20)/t15-,23+/m0/s1. The van der Waals surface area contributed by atoms with Crippen LogP contribution in [0.1, 0.15) is 34.9 Å². The van der Waals surface area contributed by atoms with E-state index in [1.807, 2.05) is 24.3 Å². The number of benzene rings is 1. The number of carbonyl (C=O) groups is 1. The summed E-state index contributed by atoms with van der Waals surface area (Å²) in [5, 5.41) is 8.06. The van der Waals surface area contributed by atoms with Crippen molar-refractivity contribution in [3.8, 4) is 0 Å². The first kappa shape index (κ1) is 16.2. The van der Waals surface area contributed by atoms with Gasteiger partial charge in [0.05, 0.1) is 6.04 Å². The molecule has 4 nitrogen and oxygen atoms in total. The smallest absolute Gasteiger partial charge is 0.315 e. The molecule has 6 heteroatoms. The van der Waals surface area contributed by atoms with E-state index in [2.05, 4.69) is 22.1 Å². The molecule has 2 atom stereocenters. The van der Waals surface area contributed by atoms with Crippen LogP contribution in [-0.2, 0) is 23.8 Å². The summed E-state index contributed by atoms with van der Waals surface area (Å²) in [7, 11) is -0.971. The summed E-state index contributed by atoms with van der Waals surface area (Å²) < 4.78 is 11.4. The fraction of sp³-hybridized carbons (Fsp3) is 0.353. The van der Waals surface area contributed by atoms with Gasteiger partial charge in [-0.25, -0.2) is 4.79 Å². The number of hydrogen-bond donors (Lipinski definition) is 2. The third-order valence-corrected chi connectivity index (χ3v) is 6.00. The number of urea groups is 1. The Kier molecular flexibility index (Phi) is 5.13. The maximum Gasteiger partial charge on any atom is 0.315 e. The molecule has 1 aromatic carbocycles. The van der Waals surface area contributed by atoms with Gasteiger partial charge in [-0.15, -0.1) is 11.3 Å². The lowest BCUT2D eigenvalue weighted by Gasteiger charge is -2.23. The minimum absolute atomic E-state index is 0.120. The monoisotopic (exact) mass is 348 g/mol. The Balaban J connectivity index is 1.53. The highest BCUT2D eigenvalue weighted by Crippen LogP contribution is 2.33. The number of nitrogens with one attached hydrogen (secondary N) is 2. The molecule has 0 aliphatic heterocycles. The molecule has 3 rings (SSSR count). The van der Waals surface area contributed by atoms with Crippen LogP contribution in [0.2, 0.25) is 0 Å². The fourth-order valence-corrected chi connectivity index (χ4v) is 4.33. The molecule has 1 aliphatic carbocycles. The van der Waals surface area contributed by atoms with Crippen molar-refractivity contribution in [2.45, 2.75) is 36.7 Å². The van der Waals surface area contributed by atoms with E-state index in [0.29, 0.717) is 6.54 Å². The number of carbonyl (C=O) groups excluding carboxylic acids is 1. The van der Waals surface area contributed by atoms with Gasteiger partial charge in [0, 0.05) is 33.4 Å². The molecular formula is C17H20N2O2S2. The topological polar surface area (TPSA) is 58.2 Å². The predicted molar refractivity (Wildman–Crippen MR) is 94.1 cm³/mol. The van der Waals surface area contributed by atoms with E-state index in [1.54, 1.807) is 17.6 Å². The van der Waals surface area contributed by atoms with E-state index < -0.39 is 10.8 Å². The van der Waals surface area contributed by atoms with Crippen LogP contribution in [0.4, 0.5) is 4.79 Å². The molecule has 122 valence electrons. The van der Waals surface area contributed by atoms with Gasteiger partial charge in [-0.1, -0.05) is 12.1 Å². The van der Waals surface area contributed by atoms with Crippen molar-refractivity contribution in [1.29, 1.82) is 0 Å². The number of hydrogen-bond acceptors (Lipinski definition) is 3. The van der Waals surface area contributed by atoms with E-state index in [9.17, 15) is 9.00 Å². The molecule has 2 N–H and O–H groups in total. The van der Waals surface area contributed by atoms with E-state index in [0.717, 1.165) is 29.7 Å². The molecule has 1 heterocycles. The fourth-order valence-electron chi connectivity index (χ4n) is 2.83. The summed E-state index contributed by atoms with van der Waals surface area (Å²) in [4.78, 5) is 14.3. The molecule has 1 aliphatic rings. The van der Waals surface area contributed by atoms with Gasteiger partial charge in [0.2, 0.25) is 0 Å². The van der Waals surface area contributed by atoms with E-state index in [-0.39, 0.29) is 12.1 Å². The second-order valence-electron chi connectivity index (χ2n) is 5.67. The first-order chi connectivity index (χ1) is 11.1. The molecule has 2 aromatic rings. The summed E-state index contributed by atoms with van der Waals surface area (Å²) in [6, 6.07) is 9.57. The molecular weight excluding hydrogens is 328 g/mol. The highest BCUT2D eigenvalue weighted by Gasteiger charge is 2.22. The van der Waals surface area contributed by atoms with Crippen molar-refractivity contribution in [3.63, 3.8) is 0 Å². The minimum atomic E-state index is -0.971. The molecule has 1 aromatic heterocycles. The van der Waals surface area contributed by atoms with Crippen molar-refractivity contribution >= 4 is 28.2 Å². The number of fused-ring (bicyclic) bond motifs is 1. The Bertz CT molecular complexity index is 710. The van der Waals surface area contributed by atoms with Crippen molar-refractivity contribution in [2.24, 2.45) is 0 Å². The average molecular weight is 348 g/mol. The van der Waals surface area contributed by atoms with Crippen LogP contribution in [0.25, 0.3) is 0 Å². The van der Waals surface area contributed by atoms with Crippen LogP contribution >= 0.6 is 11.3 Å². The first-order valence-electron chi connectivity index (χ1n) is 7.66. The minimum Gasteiger partial charge on any atom is -0.334 e. The highest BCUT2D eigenvalue weighted by atomic mass is 32.2. The zero-order valence-corrected chi connectivity index (χ0v) is 14.6. The number of thiophene rings is 1. The van der Waals surface area contributed by atoms with Gasteiger partial charge in [-0.2, -0.15) is 0 Å². The third kappa shape index (κ3) is 4.00. The van der Waals surface area contributed by atoms with Crippen LogP contribution in [0.15, 0.2) is 40.6 Å². The summed E-state index contributed by atoms with van der Waals surface area (Å²) >= 11 is 1.77. The van der Waals surface area contributed by atoms with Gasteiger partial charge in [0.15, 0.2) is 0 Å². The molecule has 0 saturated heterocycles. The molecule has 0 spiro atoms. The number of rotatable bonds is 4. The molecule has 2 amide bonds. The van der Waals surface area contributed by atoms with Gasteiger partial charge in [0.25, 0.3) is 0 Å². The van der Waals surface area contributed by atoms with Gasteiger partial charge in [-0.3, -0.25) is 4.21 Å². The maximum absolute atomic E-state index is 12.1. The Morgan fingerprint density at radius 1 is 1.30 bits per heavy atom. The van der Waals surface area contributed by atoms with Gasteiger partial charge < -0.3 is 10.6 Å². The van der Waals surface area contributed by atoms with E-state index in [1.165, 1.54) is 10.4 Å². The van der Waals surface area contributed by atoms with Crippen molar-refractivity contribution < 1.29 is 9.00 Å². The second-order valence-corrected chi connectivity index (χ2v) is 8.05. The third-order valence-electron chi connectivity index (χ3n) is 4.07. The van der Waals surface area contributed by atoms with Crippen LogP contribution in [-0.4, -0.2) is 16.5 Å². The zero-order chi connectivity index (χ0) is 16.2. The lowest BCUT2D eigenvalue weighted by atomic mass is 9.94. The lowest BCUT2D eigenvalue weighted by Crippen LogP contribution is -2.38. The SMILES string of the molecule is C[S@@](=O)c1ccc(CNC(=O)N[C@H]2CCCc3sccc32)cc1. The zero-order valence-electron chi connectivity index (χ0n) is 13.0. The van der Waals surface area contributed by atoms with Crippen molar-refractivity contribution in [2.75, 3.05) is 6.26 Å². The first-order valence-corrected chi connectivity index (χ1v) is 10.1. The van der Waals surface area contributed by atoms with Crippen LogP contribution in [0, 0.1) is 0 Å². The predicted octanol–water partition coefficient (Wildman–Crippen LogP) is 3.36. The number of amides is 2. The maximum atomic E-state index is 12.1. The largest absolute Gasteiger partial charge is 0.334 e.